The Morgan fingerprint density at radius 2 is 1.89 bits per heavy atom. The lowest BCUT2D eigenvalue weighted by Gasteiger charge is -2.23. The molecule has 1 unspecified atom stereocenters. The molecule has 1 fully saturated rings. The molecule has 4 nitrogen and oxygen atoms in total. The molecular weight excluding hydrogens is 246 g/mol. The van der Waals surface area contributed by atoms with E-state index in [1.165, 1.54) is 6.33 Å². The zero-order valence-corrected chi connectivity index (χ0v) is 10.4. The lowest BCUT2D eigenvalue weighted by atomic mass is 10.2. The number of thioether (sulfide) groups is 1. The van der Waals surface area contributed by atoms with Crippen LogP contribution in [0.1, 0.15) is 10.9 Å². The summed E-state index contributed by atoms with van der Waals surface area (Å²) >= 11 is 1.63. The summed E-state index contributed by atoms with van der Waals surface area (Å²) in [5.41, 5.74) is 1.87. The fraction of sp³-hybridized carbons (Fsp3) is 0.154. The summed E-state index contributed by atoms with van der Waals surface area (Å²) in [6.07, 6.45) is 4.81. The molecule has 0 spiro atoms. The van der Waals surface area contributed by atoms with Gasteiger partial charge in [0.25, 0.3) is 0 Å². The molecule has 0 bridgehead atoms. The Balaban J connectivity index is 1.98. The van der Waals surface area contributed by atoms with Crippen molar-refractivity contribution in [2.45, 2.75) is 5.37 Å². The second kappa shape index (κ2) is 4.78. The first-order valence-corrected chi connectivity index (χ1v) is 6.65. The van der Waals surface area contributed by atoms with Crippen LogP contribution in [0.5, 0.6) is 0 Å². The molecule has 1 aromatic carbocycles. The Morgan fingerprint density at radius 1 is 1.17 bits per heavy atom. The van der Waals surface area contributed by atoms with Crippen molar-refractivity contribution >= 4 is 23.4 Å². The van der Waals surface area contributed by atoms with E-state index in [1.54, 1.807) is 29.1 Å². The van der Waals surface area contributed by atoms with Crippen LogP contribution in [0, 0.1) is 0 Å². The highest BCUT2D eigenvalue weighted by molar-refractivity contribution is 8.00. The van der Waals surface area contributed by atoms with Crippen LogP contribution in [0.15, 0.2) is 49.1 Å². The molecular formula is C13H11N3OS. The highest BCUT2D eigenvalue weighted by Gasteiger charge is 2.34. The molecule has 1 aromatic heterocycles. The van der Waals surface area contributed by atoms with Gasteiger partial charge in [-0.2, -0.15) is 0 Å². The van der Waals surface area contributed by atoms with Crippen LogP contribution < -0.4 is 4.90 Å². The molecule has 1 amide bonds. The highest BCUT2D eigenvalue weighted by Crippen LogP contribution is 2.40. The van der Waals surface area contributed by atoms with Gasteiger partial charge < -0.3 is 0 Å². The van der Waals surface area contributed by atoms with Crippen molar-refractivity contribution in [3.8, 4) is 0 Å². The van der Waals surface area contributed by atoms with Crippen molar-refractivity contribution in [1.82, 2.24) is 9.97 Å². The average molecular weight is 257 g/mol. The molecule has 3 rings (SSSR count). The molecule has 1 aliphatic heterocycles. The Bertz CT molecular complexity index is 547. The minimum atomic E-state index is 0.0182. The standard InChI is InChI=1S/C13H11N3OS/c17-12-8-18-13(10-4-2-1-3-5-10)16(12)11-6-14-9-15-7-11/h1-7,9,13H,8H2. The molecule has 5 heteroatoms. The van der Waals surface area contributed by atoms with E-state index in [2.05, 4.69) is 9.97 Å². The third-order valence-electron chi connectivity index (χ3n) is 2.78. The summed E-state index contributed by atoms with van der Waals surface area (Å²) < 4.78 is 0. The van der Waals surface area contributed by atoms with Gasteiger partial charge >= 0.3 is 0 Å². The number of amides is 1. The molecule has 0 aliphatic carbocycles. The Hall–Kier alpha value is -1.88. The maximum absolute atomic E-state index is 12.0. The second-order valence-corrected chi connectivity index (χ2v) is 5.00. The van der Waals surface area contributed by atoms with Crippen molar-refractivity contribution in [1.29, 1.82) is 0 Å². The predicted molar refractivity (Wildman–Crippen MR) is 71.2 cm³/mol. The number of nitrogens with zero attached hydrogens (tertiary/aromatic N) is 3. The number of anilines is 1. The van der Waals surface area contributed by atoms with Crippen LogP contribution >= 0.6 is 11.8 Å². The largest absolute Gasteiger partial charge is 0.292 e. The van der Waals surface area contributed by atoms with Crippen molar-refractivity contribution in [3.05, 3.63) is 54.6 Å². The molecule has 1 atom stereocenters. The second-order valence-electron chi connectivity index (χ2n) is 3.93. The van der Waals surface area contributed by atoms with Crippen LogP contribution in [0.3, 0.4) is 0 Å². The van der Waals surface area contributed by atoms with Gasteiger partial charge in [0, 0.05) is 0 Å². The summed E-state index contributed by atoms with van der Waals surface area (Å²) in [6, 6.07) is 10.0. The van der Waals surface area contributed by atoms with E-state index in [1.807, 2.05) is 30.3 Å². The molecule has 0 radical (unpaired) electrons. The lowest BCUT2D eigenvalue weighted by molar-refractivity contribution is -0.115. The molecule has 0 saturated carbocycles. The topological polar surface area (TPSA) is 46.1 Å². The number of carbonyl (C=O) groups excluding carboxylic acids is 1. The quantitative estimate of drug-likeness (QED) is 0.828. The van der Waals surface area contributed by atoms with Gasteiger partial charge in [-0.05, 0) is 5.56 Å². The van der Waals surface area contributed by atoms with Gasteiger partial charge in [-0.15, -0.1) is 11.8 Å². The third-order valence-corrected chi connectivity index (χ3v) is 3.99. The fourth-order valence-electron chi connectivity index (χ4n) is 1.98. The van der Waals surface area contributed by atoms with E-state index >= 15 is 0 Å². The zero-order chi connectivity index (χ0) is 12.4. The van der Waals surface area contributed by atoms with Gasteiger partial charge in [0.1, 0.15) is 11.7 Å². The normalized spacial score (nSPS) is 19.2. The van der Waals surface area contributed by atoms with Crippen LogP contribution in [-0.2, 0) is 4.79 Å². The first-order chi connectivity index (χ1) is 8.86. The number of hydrogen-bond acceptors (Lipinski definition) is 4. The summed E-state index contributed by atoms with van der Waals surface area (Å²) in [5, 5.41) is 0.0182. The van der Waals surface area contributed by atoms with E-state index < -0.39 is 0 Å². The molecule has 2 heterocycles. The minimum absolute atomic E-state index is 0.0182. The number of rotatable bonds is 2. The number of carbonyl (C=O) groups is 1. The Kier molecular flexibility index (Phi) is 2.98. The summed E-state index contributed by atoms with van der Waals surface area (Å²) in [7, 11) is 0. The fourth-order valence-corrected chi connectivity index (χ4v) is 3.16. The lowest BCUT2D eigenvalue weighted by Crippen LogP contribution is -2.27. The highest BCUT2D eigenvalue weighted by atomic mass is 32.2. The van der Waals surface area contributed by atoms with Crippen molar-refractivity contribution in [3.63, 3.8) is 0 Å². The summed E-state index contributed by atoms with van der Waals surface area (Å²) in [5.74, 6) is 0.595. The SMILES string of the molecule is O=C1CSC(c2ccccc2)N1c1cncnc1. The maximum Gasteiger partial charge on any atom is 0.238 e. The smallest absolute Gasteiger partial charge is 0.238 e. The summed E-state index contributed by atoms with van der Waals surface area (Å²) in [4.78, 5) is 21.7. The molecule has 18 heavy (non-hydrogen) atoms. The van der Waals surface area contributed by atoms with E-state index in [0.29, 0.717) is 5.75 Å². The van der Waals surface area contributed by atoms with E-state index in [0.717, 1.165) is 11.3 Å². The van der Waals surface area contributed by atoms with Gasteiger partial charge in [0.05, 0.1) is 23.8 Å². The number of benzene rings is 1. The van der Waals surface area contributed by atoms with E-state index in [-0.39, 0.29) is 11.3 Å². The molecule has 2 aromatic rings. The van der Waals surface area contributed by atoms with Gasteiger partial charge in [0.15, 0.2) is 0 Å². The van der Waals surface area contributed by atoms with Crippen molar-refractivity contribution < 1.29 is 4.79 Å². The first kappa shape index (κ1) is 11.2. The Morgan fingerprint density at radius 3 is 2.61 bits per heavy atom. The van der Waals surface area contributed by atoms with Crippen LogP contribution in [-0.4, -0.2) is 21.6 Å². The zero-order valence-electron chi connectivity index (χ0n) is 9.56. The number of hydrogen-bond donors (Lipinski definition) is 0. The summed E-state index contributed by atoms with van der Waals surface area (Å²) in [6.45, 7) is 0. The van der Waals surface area contributed by atoms with Crippen LogP contribution in [0.4, 0.5) is 5.69 Å². The van der Waals surface area contributed by atoms with Crippen molar-refractivity contribution in [2.24, 2.45) is 0 Å². The molecule has 1 saturated heterocycles. The van der Waals surface area contributed by atoms with E-state index in [4.69, 9.17) is 0 Å². The van der Waals surface area contributed by atoms with Gasteiger partial charge in [-0.1, -0.05) is 30.3 Å². The average Bonchev–Trinajstić information content (AvgIpc) is 2.83. The van der Waals surface area contributed by atoms with E-state index in [9.17, 15) is 4.79 Å². The minimum Gasteiger partial charge on any atom is -0.292 e. The van der Waals surface area contributed by atoms with Gasteiger partial charge in [-0.3, -0.25) is 9.69 Å². The predicted octanol–water partition coefficient (Wildman–Crippen LogP) is 2.26. The number of aromatic nitrogens is 2. The monoisotopic (exact) mass is 257 g/mol. The van der Waals surface area contributed by atoms with Gasteiger partial charge in [-0.25, -0.2) is 9.97 Å². The molecule has 90 valence electrons. The van der Waals surface area contributed by atoms with Crippen LogP contribution in [0.25, 0.3) is 0 Å². The van der Waals surface area contributed by atoms with Crippen LogP contribution in [0.2, 0.25) is 0 Å². The Labute approximate surface area is 109 Å². The first-order valence-electron chi connectivity index (χ1n) is 5.60. The van der Waals surface area contributed by atoms with Crippen molar-refractivity contribution in [2.75, 3.05) is 10.7 Å². The maximum atomic E-state index is 12.0. The molecule has 1 aliphatic rings. The third kappa shape index (κ3) is 1.97. The van der Waals surface area contributed by atoms with Gasteiger partial charge in [0.2, 0.25) is 5.91 Å². The molecule has 0 N–H and O–H groups in total.